The standard InChI is InChI=1S/C24H26F2N2O4S/c25-23-16-5-3-7-18(23)17-6-1-2-9-21(17)32-14-10-22(29)28-13-4-8-19(20(28)15-16)27-33(30,31)24(26)11-12-24/h1-3,5-7,9,19-20,27H,4,8,10-15H2/t19-,20-/m0/s1. The molecule has 2 heterocycles. The lowest BCUT2D eigenvalue weighted by atomic mass is 9.89. The lowest BCUT2D eigenvalue weighted by Crippen LogP contribution is -2.59. The fourth-order valence-corrected chi connectivity index (χ4v) is 6.33. The van der Waals surface area contributed by atoms with Crippen LogP contribution in [0, 0.1) is 5.82 Å². The van der Waals surface area contributed by atoms with Crippen molar-refractivity contribution < 1.29 is 26.7 Å². The zero-order chi connectivity index (χ0) is 23.2. The minimum absolute atomic E-state index is 0.0320. The van der Waals surface area contributed by atoms with E-state index in [2.05, 4.69) is 4.72 Å². The Morgan fingerprint density at radius 2 is 1.85 bits per heavy atom. The van der Waals surface area contributed by atoms with Crippen molar-refractivity contribution in [3.8, 4) is 16.9 Å². The van der Waals surface area contributed by atoms with Crippen LogP contribution in [-0.4, -0.2) is 49.5 Å². The van der Waals surface area contributed by atoms with Gasteiger partial charge in [-0.2, -0.15) is 0 Å². The first-order chi connectivity index (χ1) is 15.8. The molecule has 2 aliphatic heterocycles. The van der Waals surface area contributed by atoms with Gasteiger partial charge < -0.3 is 9.64 Å². The number of rotatable bonds is 3. The second kappa shape index (κ2) is 8.36. The Morgan fingerprint density at radius 1 is 1.09 bits per heavy atom. The number of halogens is 2. The lowest BCUT2D eigenvalue weighted by Gasteiger charge is -2.42. The lowest BCUT2D eigenvalue weighted by molar-refractivity contribution is -0.136. The van der Waals surface area contributed by atoms with Crippen molar-refractivity contribution in [2.45, 2.75) is 55.6 Å². The third kappa shape index (κ3) is 4.12. The topological polar surface area (TPSA) is 75.7 Å². The van der Waals surface area contributed by atoms with Crippen molar-refractivity contribution in [1.29, 1.82) is 0 Å². The summed E-state index contributed by atoms with van der Waals surface area (Å²) in [4.78, 5) is 14.7. The van der Waals surface area contributed by atoms with Gasteiger partial charge in [-0.15, -0.1) is 0 Å². The van der Waals surface area contributed by atoms with Gasteiger partial charge in [-0.1, -0.05) is 36.4 Å². The van der Waals surface area contributed by atoms with Crippen LogP contribution in [0.5, 0.6) is 5.75 Å². The van der Waals surface area contributed by atoms with Crippen LogP contribution in [-0.2, 0) is 21.2 Å². The highest BCUT2D eigenvalue weighted by atomic mass is 32.2. The molecule has 2 aromatic carbocycles. The number of nitrogens with zero attached hydrogens (tertiary/aromatic N) is 1. The normalized spacial score (nSPS) is 24.5. The van der Waals surface area contributed by atoms with Crippen LogP contribution in [0.2, 0.25) is 0 Å². The first-order valence-electron chi connectivity index (χ1n) is 11.3. The summed E-state index contributed by atoms with van der Waals surface area (Å²) in [5, 5.41) is -2.24. The van der Waals surface area contributed by atoms with Gasteiger partial charge in [0.05, 0.1) is 19.1 Å². The number of alkyl halides is 1. The van der Waals surface area contributed by atoms with E-state index in [1.165, 1.54) is 0 Å². The van der Waals surface area contributed by atoms with E-state index in [4.69, 9.17) is 4.74 Å². The van der Waals surface area contributed by atoms with Gasteiger partial charge in [0, 0.05) is 36.6 Å². The molecule has 1 N–H and O–H groups in total. The molecular weight excluding hydrogens is 450 g/mol. The van der Waals surface area contributed by atoms with Crippen molar-refractivity contribution in [2.24, 2.45) is 0 Å². The Kier molecular flexibility index (Phi) is 5.64. The summed E-state index contributed by atoms with van der Waals surface area (Å²) in [6, 6.07) is 10.9. The fraction of sp³-hybridized carbons (Fsp3) is 0.458. The number of fused-ring (bicyclic) bond motifs is 5. The minimum Gasteiger partial charge on any atom is -0.492 e. The monoisotopic (exact) mass is 476 g/mol. The summed E-state index contributed by atoms with van der Waals surface area (Å²) < 4.78 is 63.7. The van der Waals surface area contributed by atoms with Crippen LogP contribution in [0.25, 0.3) is 11.1 Å². The van der Waals surface area contributed by atoms with E-state index in [-0.39, 0.29) is 38.2 Å². The Balaban J connectivity index is 1.55. The van der Waals surface area contributed by atoms with E-state index in [0.717, 1.165) is 0 Å². The first kappa shape index (κ1) is 22.3. The molecule has 1 saturated heterocycles. The maximum atomic E-state index is 15.7. The molecule has 2 fully saturated rings. The molecule has 2 aromatic rings. The van der Waals surface area contributed by atoms with Crippen LogP contribution >= 0.6 is 0 Å². The van der Waals surface area contributed by atoms with E-state index in [9.17, 15) is 17.6 Å². The average Bonchev–Trinajstić information content (AvgIpc) is 3.55. The van der Waals surface area contributed by atoms with Gasteiger partial charge in [0.1, 0.15) is 11.6 Å². The molecule has 1 saturated carbocycles. The summed E-state index contributed by atoms with van der Waals surface area (Å²) in [5.74, 6) is -0.127. The molecule has 176 valence electrons. The van der Waals surface area contributed by atoms with E-state index in [0.29, 0.717) is 41.8 Å². The number of ether oxygens (including phenoxy) is 1. The molecule has 2 atom stereocenters. The van der Waals surface area contributed by atoms with Gasteiger partial charge in [0.25, 0.3) is 0 Å². The molecule has 9 heteroatoms. The van der Waals surface area contributed by atoms with Crippen LogP contribution in [0.1, 0.15) is 37.7 Å². The van der Waals surface area contributed by atoms with E-state index < -0.39 is 32.9 Å². The predicted molar refractivity (Wildman–Crippen MR) is 119 cm³/mol. The number of hydrogen-bond acceptors (Lipinski definition) is 4. The van der Waals surface area contributed by atoms with E-state index in [1.807, 2.05) is 0 Å². The van der Waals surface area contributed by atoms with Crippen molar-refractivity contribution in [2.75, 3.05) is 13.2 Å². The Labute approximate surface area is 192 Å². The van der Waals surface area contributed by atoms with Crippen molar-refractivity contribution in [1.82, 2.24) is 9.62 Å². The smallest absolute Gasteiger partial charge is 0.247 e. The second-order valence-corrected chi connectivity index (χ2v) is 11.0. The fourth-order valence-electron chi connectivity index (χ4n) is 4.81. The number of carbonyl (C=O) groups is 1. The molecule has 5 rings (SSSR count). The van der Waals surface area contributed by atoms with E-state index in [1.54, 1.807) is 47.4 Å². The van der Waals surface area contributed by atoms with Gasteiger partial charge in [0.2, 0.25) is 20.9 Å². The summed E-state index contributed by atoms with van der Waals surface area (Å²) in [5.41, 5.74) is 1.35. The van der Waals surface area contributed by atoms with Crippen LogP contribution in [0.3, 0.4) is 0 Å². The quantitative estimate of drug-likeness (QED) is 0.735. The summed E-state index contributed by atoms with van der Waals surface area (Å²) in [7, 11) is -4.20. The summed E-state index contributed by atoms with van der Waals surface area (Å²) in [6.45, 7) is 0.546. The van der Waals surface area contributed by atoms with Gasteiger partial charge in [-0.25, -0.2) is 21.9 Å². The number of piperidine rings is 1. The Bertz CT molecular complexity index is 1180. The zero-order valence-corrected chi connectivity index (χ0v) is 18.9. The number of hydrogen-bond donors (Lipinski definition) is 1. The molecule has 2 bridgehead atoms. The predicted octanol–water partition coefficient (Wildman–Crippen LogP) is 3.56. The third-order valence-corrected chi connectivity index (χ3v) is 8.77. The average molecular weight is 477 g/mol. The summed E-state index contributed by atoms with van der Waals surface area (Å²) in [6.07, 6.45) is 1.19. The van der Waals surface area contributed by atoms with Gasteiger partial charge in [0.15, 0.2) is 0 Å². The Morgan fingerprint density at radius 3 is 2.64 bits per heavy atom. The van der Waals surface area contributed by atoms with Gasteiger partial charge >= 0.3 is 0 Å². The van der Waals surface area contributed by atoms with Crippen LogP contribution in [0.15, 0.2) is 42.5 Å². The number of sulfonamides is 1. The largest absolute Gasteiger partial charge is 0.492 e. The molecule has 3 aliphatic rings. The maximum absolute atomic E-state index is 15.7. The molecule has 0 radical (unpaired) electrons. The Hall–Kier alpha value is -2.52. The number of carbonyl (C=O) groups excluding carboxylic acids is 1. The number of para-hydroxylation sites is 1. The van der Waals surface area contributed by atoms with Crippen molar-refractivity contribution in [3.05, 3.63) is 53.8 Å². The second-order valence-electron chi connectivity index (χ2n) is 8.99. The zero-order valence-electron chi connectivity index (χ0n) is 18.1. The molecule has 1 aliphatic carbocycles. The molecule has 1 amide bonds. The SMILES string of the molecule is O=C1CCOc2ccccc2-c2cccc(c2F)C[C@H]2[C@@H](NS(=O)(=O)C3(F)CC3)CCCN12. The molecule has 0 unspecified atom stereocenters. The highest BCUT2D eigenvalue weighted by molar-refractivity contribution is 7.91. The number of benzene rings is 2. The van der Waals surface area contributed by atoms with Crippen LogP contribution in [0.4, 0.5) is 8.78 Å². The molecule has 6 nitrogen and oxygen atoms in total. The summed E-state index contributed by atoms with van der Waals surface area (Å²) >= 11 is 0. The molecule has 33 heavy (non-hydrogen) atoms. The molecule has 0 spiro atoms. The first-order valence-corrected chi connectivity index (χ1v) is 12.8. The van der Waals surface area contributed by atoms with Crippen LogP contribution < -0.4 is 9.46 Å². The number of nitrogens with one attached hydrogen (secondary N) is 1. The maximum Gasteiger partial charge on any atom is 0.247 e. The van der Waals surface area contributed by atoms with Gasteiger partial charge in [-0.05, 0) is 30.9 Å². The van der Waals surface area contributed by atoms with Crippen molar-refractivity contribution in [3.63, 3.8) is 0 Å². The molecular formula is C24H26F2N2O4S. The van der Waals surface area contributed by atoms with E-state index >= 15 is 4.39 Å². The number of amides is 1. The van der Waals surface area contributed by atoms with Gasteiger partial charge in [-0.3, -0.25) is 4.79 Å². The highest BCUT2D eigenvalue weighted by Crippen LogP contribution is 2.45. The minimum atomic E-state index is -4.20. The van der Waals surface area contributed by atoms with Crippen molar-refractivity contribution >= 4 is 15.9 Å². The third-order valence-electron chi connectivity index (χ3n) is 6.79. The molecule has 0 aromatic heterocycles. The highest BCUT2D eigenvalue weighted by Gasteiger charge is 2.57.